The van der Waals surface area contributed by atoms with Crippen LogP contribution < -0.4 is 0 Å². The van der Waals surface area contributed by atoms with E-state index in [4.69, 9.17) is 14.2 Å². The van der Waals surface area contributed by atoms with Crippen LogP contribution in [0.4, 0.5) is 0 Å². The molecule has 4 rings (SSSR count). The van der Waals surface area contributed by atoms with Crippen molar-refractivity contribution in [3.8, 4) is 0 Å². The first-order chi connectivity index (χ1) is 16.2. The van der Waals surface area contributed by atoms with Crippen molar-refractivity contribution in [2.45, 2.75) is 131 Å². The minimum Gasteiger partial charge on any atom is -0.435 e. The van der Waals surface area contributed by atoms with Gasteiger partial charge in [-0.05, 0) is 51.4 Å². The Morgan fingerprint density at radius 3 is 1.51 bits per heavy atom. The maximum atomic E-state index is 11.0. The van der Waals surface area contributed by atoms with E-state index in [9.17, 15) is 19.5 Å². The minimum atomic E-state index is -0.562. The van der Waals surface area contributed by atoms with Crippen LogP contribution in [0.25, 0.3) is 0 Å². The van der Waals surface area contributed by atoms with Crippen LogP contribution in [0.15, 0.2) is 0 Å². The third-order valence-electron chi connectivity index (χ3n) is 7.47. The van der Waals surface area contributed by atoms with Crippen LogP contribution in [0.5, 0.6) is 0 Å². The first-order valence-corrected chi connectivity index (χ1v) is 13.0. The lowest BCUT2D eigenvalue weighted by Gasteiger charge is -2.45. The minimum absolute atomic E-state index is 0. The Morgan fingerprint density at radius 2 is 1.09 bits per heavy atom. The van der Waals surface area contributed by atoms with E-state index in [0.717, 1.165) is 45.3 Å². The molecule has 2 saturated carbocycles. The highest BCUT2D eigenvalue weighted by molar-refractivity contribution is 5.82. The van der Waals surface area contributed by atoms with Crippen LogP contribution in [0.3, 0.4) is 0 Å². The molecule has 4 aliphatic rings. The van der Waals surface area contributed by atoms with Crippen molar-refractivity contribution in [2.24, 2.45) is 10.8 Å². The van der Waals surface area contributed by atoms with Gasteiger partial charge < -0.3 is 24.1 Å². The summed E-state index contributed by atoms with van der Waals surface area (Å²) in [6, 6.07) is 0. The molecule has 2 heterocycles. The zero-order valence-electron chi connectivity index (χ0n) is 21.3. The van der Waals surface area contributed by atoms with E-state index >= 15 is 0 Å². The van der Waals surface area contributed by atoms with Crippen molar-refractivity contribution in [2.75, 3.05) is 13.2 Å². The van der Waals surface area contributed by atoms with Gasteiger partial charge in [0.05, 0.1) is 6.61 Å². The molecule has 8 heteroatoms. The zero-order valence-corrected chi connectivity index (χ0v) is 21.3. The van der Waals surface area contributed by atoms with Crippen molar-refractivity contribution in [1.29, 1.82) is 0 Å². The molecule has 2 spiro atoms. The van der Waals surface area contributed by atoms with Gasteiger partial charge in [0.1, 0.15) is 0 Å². The topological polar surface area (TPSA) is 108 Å². The van der Waals surface area contributed by atoms with Crippen molar-refractivity contribution < 1.29 is 38.4 Å². The average molecular weight is 501 g/mol. The Hall–Kier alpha value is -1.51. The summed E-state index contributed by atoms with van der Waals surface area (Å²) >= 11 is 0. The average Bonchev–Trinajstić information content (AvgIpc) is 2.79. The molecule has 0 aromatic heterocycles. The fourth-order valence-corrected chi connectivity index (χ4v) is 5.84. The highest BCUT2D eigenvalue weighted by atomic mass is 16.7. The summed E-state index contributed by atoms with van der Waals surface area (Å²) in [5, 5.41) is 9.76. The van der Waals surface area contributed by atoms with Gasteiger partial charge in [-0.15, -0.1) is 0 Å². The molecule has 0 aromatic carbocycles. The van der Waals surface area contributed by atoms with Gasteiger partial charge in [0.25, 0.3) is 0 Å². The molecule has 2 aliphatic carbocycles. The third-order valence-corrected chi connectivity index (χ3v) is 7.47. The summed E-state index contributed by atoms with van der Waals surface area (Å²) in [5.74, 6) is -1.34. The number of esters is 3. The number of ether oxygens (including phenoxy) is 4. The van der Waals surface area contributed by atoms with E-state index in [1.807, 2.05) is 0 Å². The number of aliphatic hydroxyl groups is 1. The Bertz CT molecular complexity index is 621. The molecular weight excluding hydrogens is 452 g/mol. The predicted octanol–water partition coefficient (Wildman–Crippen LogP) is 5.43. The number of carbonyl (C=O) groups excluding carboxylic acids is 3. The normalized spacial score (nSPS) is 26.5. The summed E-state index contributed by atoms with van der Waals surface area (Å²) in [5.41, 5.74) is 0.290. The van der Waals surface area contributed by atoms with E-state index in [-0.39, 0.29) is 30.5 Å². The molecule has 35 heavy (non-hydrogen) atoms. The fourth-order valence-electron chi connectivity index (χ4n) is 5.84. The zero-order chi connectivity index (χ0) is 25.0. The van der Waals surface area contributed by atoms with Crippen LogP contribution in [0, 0.1) is 10.8 Å². The Morgan fingerprint density at radius 1 is 0.657 bits per heavy atom. The van der Waals surface area contributed by atoms with E-state index in [0.29, 0.717) is 0 Å². The second-order valence-electron chi connectivity index (χ2n) is 10.2. The van der Waals surface area contributed by atoms with E-state index in [2.05, 4.69) is 4.74 Å². The quantitative estimate of drug-likeness (QED) is 0.375. The molecule has 0 bridgehead atoms. The van der Waals surface area contributed by atoms with Gasteiger partial charge >= 0.3 is 17.9 Å². The second-order valence-corrected chi connectivity index (χ2v) is 10.2. The van der Waals surface area contributed by atoms with Gasteiger partial charge in [-0.3, -0.25) is 14.4 Å². The predicted molar refractivity (Wildman–Crippen MR) is 132 cm³/mol. The van der Waals surface area contributed by atoms with Gasteiger partial charge in [-0.2, -0.15) is 0 Å². The van der Waals surface area contributed by atoms with Gasteiger partial charge in [0.15, 0.2) is 6.29 Å². The van der Waals surface area contributed by atoms with Crippen molar-refractivity contribution in [3.05, 3.63) is 0 Å². The second kappa shape index (κ2) is 15.6. The largest absolute Gasteiger partial charge is 0.435 e. The van der Waals surface area contributed by atoms with Gasteiger partial charge in [0.2, 0.25) is 6.29 Å². The highest BCUT2D eigenvalue weighted by Gasteiger charge is 2.44. The number of hydrogen-bond donors (Lipinski definition) is 1. The number of rotatable bonds is 1. The van der Waals surface area contributed by atoms with Gasteiger partial charge in [-0.1, -0.05) is 46.0 Å². The first kappa shape index (κ1) is 31.5. The molecule has 2 atom stereocenters. The molecule has 0 radical (unpaired) electrons. The maximum Gasteiger partial charge on any atom is 0.310 e. The molecule has 0 amide bonds. The maximum absolute atomic E-state index is 11.0. The van der Waals surface area contributed by atoms with E-state index in [1.165, 1.54) is 78.6 Å². The fraction of sp³-hybridized carbons (Fsp3) is 0.889. The van der Waals surface area contributed by atoms with Gasteiger partial charge in [-0.25, -0.2) is 0 Å². The molecule has 204 valence electrons. The van der Waals surface area contributed by atoms with E-state index < -0.39 is 18.2 Å². The Labute approximate surface area is 211 Å². The van der Waals surface area contributed by atoms with Crippen LogP contribution in [-0.4, -0.2) is 48.8 Å². The van der Waals surface area contributed by atoms with Crippen molar-refractivity contribution >= 4 is 17.9 Å². The number of aliphatic hydroxyl groups excluding tert-OH is 1. The summed E-state index contributed by atoms with van der Waals surface area (Å²) < 4.78 is 20.3. The highest BCUT2D eigenvalue weighted by Crippen LogP contribution is 2.47. The molecule has 0 aromatic rings. The first-order valence-electron chi connectivity index (χ1n) is 13.0. The monoisotopic (exact) mass is 500 g/mol. The van der Waals surface area contributed by atoms with Crippen molar-refractivity contribution in [1.82, 2.24) is 0 Å². The lowest BCUT2D eigenvalue weighted by molar-refractivity contribution is -0.234. The van der Waals surface area contributed by atoms with Crippen LogP contribution in [-0.2, 0) is 33.3 Å². The van der Waals surface area contributed by atoms with Gasteiger partial charge in [0, 0.05) is 38.2 Å². The standard InChI is InChI=1S/C12H20O3.C10H18O2.C4H6O3.CH4/c1-10(13)15-11-12(8-5-9-14-11)6-3-2-4-7-12;11-9-10(7-4-8-12-9)5-2-1-3-6-10;1-3(5)7-4(2)6;/h11H,2-9H2,1H3;9,11H,1-8H2;1-2H3;1H4. The SMILES string of the molecule is C.CC(=O)OC(C)=O.CC(=O)OC1OCCCC12CCCCC2.OC1OCCCC12CCCCC2. The third kappa shape index (κ3) is 10.2. The molecule has 8 nitrogen and oxygen atoms in total. The van der Waals surface area contributed by atoms with Crippen LogP contribution >= 0.6 is 0 Å². The number of carbonyl (C=O) groups is 3. The van der Waals surface area contributed by atoms with Crippen molar-refractivity contribution in [3.63, 3.8) is 0 Å². The summed E-state index contributed by atoms with van der Waals surface area (Å²) in [7, 11) is 0. The Balaban J connectivity index is 0.000000276. The molecule has 4 fully saturated rings. The number of hydrogen-bond acceptors (Lipinski definition) is 8. The van der Waals surface area contributed by atoms with E-state index in [1.54, 1.807) is 0 Å². The van der Waals surface area contributed by atoms with Crippen LogP contribution in [0.1, 0.15) is 118 Å². The summed E-state index contributed by atoms with van der Waals surface area (Å²) in [6.45, 7) is 5.32. The summed E-state index contributed by atoms with van der Waals surface area (Å²) in [6.07, 6.45) is 16.2. The molecule has 2 saturated heterocycles. The smallest absolute Gasteiger partial charge is 0.310 e. The molecule has 1 N–H and O–H groups in total. The Kier molecular flexibility index (Phi) is 14.0. The van der Waals surface area contributed by atoms with Crippen LogP contribution in [0.2, 0.25) is 0 Å². The lowest BCUT2D eigenvalue weighted by Crippen LogP contribution is -2.45. The molecular formula is C27H48O8. The molecule has 2 unspecified atom stereocenters. The summed E-state index contributed by atoms with van der Waals surface area (Å²) in [4.78, 5) is 30.7. The lowest BCUT2D eigenvalue weighted by atomic mass is 9.69. The molecule has 2 aliphatic heterocycles.